The number of carbonyl (C=O) groups excluding carboxylic acids is 1. The number of hydrogen-bond acceptors (Lipinski definition) is 6. The van der Waals surface area contributed by atoms with Gasteiger partial charge < -0.3 is 5.73 Å². The lowest BCUT2D eigenvalue weighted by Gasteiger charge is -2.23. The number of anilines is 2. The first kappa shape index (κ1) is 16.0. The molecule has 1 aromatic heterocycles. The fourth-order valence-electron chi connectivity index (χ4n) is 1.57. The van der Waals surface area contributed by atoms with Gasteiger partial charge in [0.1, 0.15) is 0 Å². The van der Waals surface area contributed by atoms with Gasteiger partial charge in [0.2, 0.25) is 11.7 Å². The predicted octanol–water partition coefficient (Wildman–Crippen LogP) is 0.959. The topological polar surface area (TPSA) is 118 Å². The number of rotatable bonds is 4. The van der Waals surface area contributed by atoms with Gasteiger partial charge in [-0.3, -0.25) is 10.2 Å². The van der Waals surface area contributed by atoms with Gasteiger partial charge in [-0.15, -0.1) is 0 Å². The Morgan fingerprint density at radius 3 is 2.36 bits per heavy atom. The van der Waals surface area contributed by atoms with Gasteiger partial charge in [-0.2, -0.15) is 12.8 Å². The average Bonchev–Trinajstić information content (AvgIpc) is 2.46. The molecule has 0 aliphatic heterocycles. The highest BCUT2D eigenvalue weighted by atomic mass is 35.5. The molecule has 8 nitrogen and oxygen atoms in total. The molecule has 0 aliphatic carbocycles. The molecule has 10 heteroatoms. The summed E-state index contributed by atoms with van der Waals surface area (Å²) >= 11 is 5.87. The smallest absolute Gasteiger partial charge is 0.283 e. The molecule has 1 heterocycles. The molecule has 116 valence electrons. The molecule has 0 fully saturated rings. The minimum absolute atomic E-state index is 0.0860. The second kappa shape index (κ2) is 6.16. The third kappa shape index (κ3) is 3.26. The number of nitrogens with one attached hydrogen (secondary N) is 1. The van der Waals surface area contributed by atoms with Gasteiger partial charge in [0.15, 0.2) is 5.15 Å². The van der Waals surface area contributed by atoms with Gasteiger partial charge in [-0.05, 0) is 24.3 Å². The van der Waals surface area contributed by atoms with Gasteiger partial charge in [0, 0.05) is 25.0 Å². The van der Waals surface area contributed by atoms with E-state index in [1.54, 1.807) is 0 Å². The van der Waals surface area contributed by atoms with E-state index >= 15 is 0 Å². The normalized spacial score (nSPS) is 11.0. The van der Waals surface area contributed by atoms with Crippen molar-refractivity contribution >= 4 is 39.0 Å². The maximum atomic E-state index is 12.7. The molecule has 1 amide bonds. The van der Waals surface area contributed by atoms with E-state index in [9.17, 15) is 13.2 Å². The van der Waals surface area contributed by atoms with Gasteiger partial charge in [0.05, 0.1) is 4.90 Å². The minimum Gasteiger partial charge on any atom is -0.399 e. The Morgan fingerprint density at radius 1 is 1.23 bits per heavy atom. The second-order valence-electron chi connectivity index (χ2n) is 4.18. The molecular weight excluding hydrogens is 330 g/mol. The Bertz CT molecular complexity index is 795. The third-order valence-electron chi connectivity index (χ3n) is 2.51. The van der Waals surface area contributed by atoms with Crippen molar-refractivity contribution in [3.8, 4) is 0 Å². The number of benzene rings is 1. The molecule has 2 rings (SSSR count). The van der Waals surface area contributed by atoms with Crippen LogP contribution in [0.4, 0.5) is 11.5 Å². The molecule has 0 atom stereocenters. The number of aromatic nitrogens is 2. The van der Waals surface area contributed by atoms with Crippen LogP contribution in [0.1, 0.15) is 6.92 Å². The molecule has 0 radical (unpaired) electrons. The van der Waals surface area contributed by atoms with Crippen LogP contribution in [-0.4, -0.2) is 24.3 Å². The number of carbonyl (C=O) groups is 1. The van der Waals surface area contributed by atoms with Crippen LogP contribution in [0.2, 0.25) is 5.15 Å². The third-order valence-corrected chi connectivity index (χ3v) is 4.39. The van der Waals surface area contributed by atoms with E-state index in [4.69, 9.17) is 17.3 Å². The van der Waals surface area contributed by atoms with E-state index in [2.05, 4.69) is 15.4 Å². The lowest BCUT2D eigenvalue weighted by atomic mass is 10.3. The summed E-state index contributed by atoms with van der Waals surface area (Å²) in [5.74, 6) is -0.822. The van der Waals surface area contributed by atoms with E-state index in [0.29, 0.717) is 10.1 Å². The number of hydrogen-bond donors (Lipinski definition) is 2. The summed E-state index contributed by atoms with van der Waals surface area (Å²) in [6.07, 6.45) is 2.56. The van der Waals surface area contributed by atoms with Gasteiger partial charge in [0.25, 0.3) is 10.0 Å². The van der Waals surface area contributed by atoms with E-state index in [1.807, 2.05) is 0 Å². The SMILES string of the molecule is CC(=O)NN(c1nccnc1Cl)S(=O)(=O)c1ccc(N)cc1. The Morgan fingerprint density at radius 2 is 1.82 bits per heavy atom. The summed E-state index contributed by atoms with van der Waals surface area (Å²) in [6.45, 7) is 1.16. The van der Waals surface area contributed by atoms with Crippen LogP contribution in [-0.2, 0) is 14.8 Å². The molecule has 0 spiro atoms. The van der Waals surface area contributed by atoms with Crippen molar-refractivity contribution < 1.29 is 13.2 Å². The molecule has 0 aliphatic rings. The van der Waals surface area contributed by atoms with Crippen molar-refractivity contribution in [2.45, 2.75) is 11.8 Å². The molecule has 0 saturated carbocycles. The lowest BCUT2D eigenvalue weighted by molar-refractivity contribution is -0.118. The Hall–Kier alpha value is -2.39. The lowest BCUT2D eigenvalue weighted by Crippen LogP contribution is -2.46. The highest BCUT2D eigenvalue weighted by molar-refractivity contribution is 7.92. The van der Waals surface area contributed by atoms with E-state index in [0.717, 1.165) is 6.92 Å². The number of nitrogens with zero attached hydrogens (tertiary/aromatic N) is 3. The fraction of sp³-hybridized carbons (Fsp3) is 0.0833. The van der Waals surface area contributed by atoms with Crippen molar-refractivity contribution in [3.05, 3.63) is 41.8 Å². The molecule has 1 aromatic carbocycles. The summed E-state index contributed by atoms with van der Waals surface area (Å²) in [4.78, 5) is 18.9. The van der Waals surface area contributed by atoms with Gasteiger partial charge >= 0.3 is 0 Å². The number of nitrogens with two attached hydrogens (primary N) is 1. The Labute approximate surface area is 132 Å². The van der Waals surface area contributed by atoms with Gasteiger partial charge in [-0.25, -0.2) is 9.97 Å². The zero-order valence-electron chi connectivity index (χ0n) is 11.4. The summed E-state index contributed by atoms with van der Waals surface area (Å²) in [6, 6.07) is 5.47. The maximum Gasteiger partial charge on any atom is 0.283 e. The number of hydrazine groups is 1. The van der Waals surface area contributed by atoms with Crippen LogP contribution in [0, 0.1) is 0 Å². The number of halogens is 1. The largest absolute Gasteiger partial charge is 0.399 e. The van der Waals surface area contributed by atoms with Crippen LogP contribution >= 0.6 is 11.6 Å². The first-order valence-corrected chi connectivity index (χ1v) is 7.79. The molecule has 0 unspecified atom stereocenters. The van der Waals surface area contributed by atoms with Crippen molar-refractivity contribution in [1.29, 1.82) is 0 Å². The van der Waals surface area contributed by atoms with Crippen LogP contribution in [0.15, 0.2) is 41.6 Å². The van der Waals surface area contributed by atoms with Gasteiger partial charge in [-0.1, -0.05) is 11.6 Å². The maximum absolute atomic E-state index is 12.7. The molecule has 22 heavy (non-hydrogen) atoms. The van der Waals surface area contributed by atoms with Crippen molar-refractivity contribution in [2.24, 2.45) is 0 Å². The van der Waals surface area contributed by atoms with Crippen LogP contribution in [0.3, 0.4) is 0 Å². The molecular formula is C12H12ClN5O3S. The minimum atomic E-state index is -4.13. The summed E-state index contributed by atoms with van der Waals surface area (Å²) in [5.41, 5.74) is 8.12. The van der Waals surface area contributed by atoms with Crippen LogP contribution < -0.4 is 15.6 Å². The zero-order valence-corrected chi connectivity index (χ0v) is 13.0. The van der Waals surface area contributed by atoms with Crippen LogP contribution in [0.25, 0.3) is 0 Å². The van der Waals surface area contributed by atoms with E-state index < -0.39 is 15.9 Å². The summed E-state index contributed by atoms with van der Waals surface area (Å²) in [5, 5.41) is -0.171. The van der Waals surface area contributed by atoms with Crippen molar-refractivity contribution in [3.63, 3.8) is 0 Å². The highest BCUT2D eigenvalue weighted by Crippen LogP contribution is 2.25. The quantitative estimate of drug-likeness (QED) is 0.631. The molecule has 3 N–H and O–H groups in total. The first-order chi connectivity index (χ1) is 10.3. The highest BCUT2D eigenvalue weighted by Gasteiger charge is 2.29. The zero-order chi connectivity index (χ0) is 16.3. The number of amides is 1. The van der Waals surface area contributed by atoms with Crippen LogP contribution in [0.5, 0.6) is 0 Å². The summed E-state index contributed by atoms with van der Waals surface area (Å²) < 4.78 is 25.9. The van der Waals surface area contributed by atoms with Crippen molar-refractivity contribution in [1.82, 2.24) is 15.4 Å². The second-order valence-corrected chi connectivity index (χ2v) is 6.32. The molecule has 0 saturated heterocycles. The summed E-state index contributed by atoms with van der Waals surface area (Å²) in [7, 11) is -4.13. The first-order valence-electron chi connectivity index (χ1n) is 5.97. The molecule has 2 aromatic rings. The molecule has 0 bridgehead atoms. The van der Waals surface area contributed by atoms with E-state index in [1.165, 1.54) is 36.7 Å². The fourth-order valence-corrected chi connectivity index (χ4v) is 3.11. The Kier molecular flexibility index (Phi) is 4.48. The Balaban J connectivity index is 2.56. The number of sulfonamides is 1. The predicted molar refractivity (Wildman–Crippen MR) is 81.4 cm³/mol. The number of nitrogen functional groups attached to an aromatic ring is 1. The standard InChI is InChI=1S/C12H12ClN5O3S/c1-8(19)17-18(12-11(13)15-6-7-16-12)22(20,21)10-4-2-9(14)3-5-10/h2-7H,14H2,1H3,(H,17,19). The van der Waals surface area contributed by atoms with E-state index in [-0.39, 0.29) is 15.9 Å². The van der Waals surface area contributed by atoms with Crippen molar-refractivity contribution in [2.75, 3.05) is 10.1 Å². The average molecular weight is 342 g/mol. The monoisotopic (exact) mass is 341 g/mol.